The zero-order valence-corrected chi connectivity index (χ0v) is 13.5. The first kappa shape index (κ1) is 15.9. The first-order chi connectivity index (χ1) is 9.99. The van der Waals surface area contributed by atoms with E-state index in [1.807, 2.05) is 43.1 Å². The van der Waals surface area contributed by atoms with Gasteiger partial charge >= 0.3 is 0 Å². The number of carbonyl (C=O) groups excluding carboxylic acids is 1. The van der Waals surface area contributed by atoms with E-state index in [0.717, 1.165) is 37.1 Å². The van der Waals surface area contributed by atoms with Crippen LogP contribution in [-0.2, 0) is 11.3 Å². The van der Waals surface area contributed by atoms with Crippen molar-refractivity contribution in [2.24, 2.45) is 5.73 Å². The van der Waals surface area contributed by atoms with Crippen LogP contribution in [-0.4, -0.2) is 46.9 Å². The number of nitrogens with two attached hydrogens (primary N) is 1. The number of likely N-dealkylation sites (N-methyl/N-ethyl adjacent to an activating group) is 1. The van der Waals surface area contributed by atoms with Crippen molar-refractivity contribution in [2.75, 3.05) is 20.1 Å². The fraction of sp³-hybridized carbons (Fsp3) is 0.500. The minimum absolute atomic E-state index is 0.114. The van der Waals surface area contributed by atoms with Crippen molar-refractivity contribution in [2.45, 2.75) is 32.4 Å². The Hall–Kier alpha value is -1.46. The van der Waals surface area contributed by atoms with Gasteiger partial charge in [-0.05, 0) is 38.4 Å². The molecular weight excluding hydrogens is 282 g/mol. The maximum atomic E-state index is 12.4. The molecule has 0 aliphatic carbocycles. The first-order valence-electron chi connectivity index (χ1n) is 7.37. The van der Waals surface area contributed by atoms with Crippen LogP contribution in [0.4, 0.5) is 0 Å². The van der Waals surface area contributed by atoms with Crippen molar-refractivity contribution >= 4 is 23.1 Å². The van der Waals surface area contributed by atoms with E-state index in [-0.39, 0.29) is 11.9 Å². The molecule has 1 aromatic carbocycles. The van der Waals surface area contributed by atoms with E-state index in [2.05, 4.69) is 4.90 Å². The van der Waals surface area contributed by atoms with E-state index in [0.29, 0.717) is 11.5 Å². The lowest BCUT2D eigenvalue weighted by Crippen LogP contribution is -2.44. The molecule has 1 atom stereocenters. The highest BCUT2D eigenvalue weighted by Gasteiger charge is 2.25. The van der Waals surface area contributed by atoms with Gasteiger partial charge in [-0.1, -0.05) is 30.4 Å². The summed E-state index contributed by atoms with van der Waals surface area (Å²) < 4.78 is 0. The third kappa shape index (κ3) is 4.02. The molecular formula is C16H23N3OS. The second-order valence-electron chi connectivity index (χ2n) is 5.69. The predicted molar refractivity (Wildman–Crippen MR) is 89.1 cm³/mol. The average molecular weight is 305 g/mol. The summed E-state index contributed by atoms with van der Waals surface area (Å²) in [5.74, 6) is 0.223. The average Bonchev–Trinajstić information content (AvgIpc) is 3.00. The molecule has 1 saturated heterocycles. The zero-order chi connectivity index (χ0) is 15.4. The summed E-state index contributed by atoms with van der Waals surface area (Å²) in [7, 11) is 1.98. The largest absolute Gasteiger partial charge is 0.389 e. The van der Waals surface area contributed by atoms with Crippen molar-refractivity contribution in [3.05, 3.63) is 35.4 Å². The second kappa shape index (κ2) is 7.00. The molecule has 0 spiro atoms. The van der Waals surface area contributed by atoms with Gasteiger partial charge in [0.05, 0.1) is 6.04 Å². The van der Waals surface area contributed by atoms with Gasteiger partial charge in [0.1, 0.15) is 4.99 Å². The van der Waals surface area contributed by atoms with E-state index in [9.17, 15) is 4.79 Å². The molecule has 4 nitrogen and oxygen atoms in total. The molecule has 21 heavy (non-hydrogen) atoms. The third-order valence-electron chi connectivity index (χ3n) is 4.08. The Labute approximate surface area is 131 Å². The zero-order valence-electron chi connectivity index (χ0n) is 12.7. The number of likely N-dealkylation sites (tertiary alicyclic amines) is 1. The molecule has 1 fully saturated rings. The van der Waals surface area contributed by atoms with Crippen LogP contribution in [0.15, 0.2) is 24.3 Å². The number of rotatable bonds is 5. The number of nitrogens with zero attached hydrogens (tertiary/aromatic N) is 2. The molecule has 114 valence electrons. The summed E-state index contributed by atoms with van der Waals surface area (Å²) >= 11 is 5.00. The van der Waals surface area contributed by atoms with E-state index in [1.54, 1.807) is 0 Å². The molecule has 1 unspecified atom stereocenters. The SMILES string of the molecule is CC(C(=O)N1CCCC1)N(C)Cc1cccc(C(N)=S)c1. The van der Waals surface area contributed by atoms with Gasteiger partial charge in [0.25, 0.3) is 0 Å². The molecule has 5 heteroatoms. The van der Waals surface area contributed by atoms with Gasteiger partial charge in [0.15, 0.2) is 0 Å². The van der Waals surface area contributed by atoms with Crippen LogP contribution in [0, 0.1) is 0 Å². The maximum absolute atomic E-state index is 12.4. The Morgan fingerprint density at radius 2 is 2.10 bits per heavy atom. The van der Waals surface area contributed by atoms with E-state index in [4.69, 9.17) is 18.0 Å². The molecule has 0 bridgehead atoms. The lowest BCUT2D eigenvalue weighted by atomic mass is 10.1. The highest BCUT2D eigenvalue weighted by Crippen LogP contribution is 2.14. The lowest BCUT2D eigenvalue weighted by Gasteiger charge is -2.28. The minimum atomic E-state index is -0.114. The number of hydrogen-bond donors (Lipinski definition) is 1. The number of hydrogen-bond acceptors (Lipinski definition) is 3. The first-order valence-corrected chi connectivity index (χ1v) is 7.77. The molecule has 1 aromatic rings. The van der Waals surface area contributed by atoms with Crippen molar-refractivity contribution in [3.63, 3.8) is 0 Å². The topological polar surface area (TPSA) is 49.6 Å². The molecule has 1 amide bonds. The van der Waals surface area contributed by atoms with Crippen LogP contribution in [0.25, 0.3) is 0 Å². The van der Waals surface area contributed by atoms with Gasteiger partial charge < -0.3 is 10.6 Å². The second-order valence-corrected chi connectivity index (χ2v) is 6.13. The number of amides is 1. The Bertz CT molecular complexity index is 526. The number of carbonyl (C=O) groups is 1. The van der Waals surface area contributed by atoms with Gasteiger partial charge in [-0.2, -0.15) is 0 Å². The Kier molecular flexibility index (Phi) is 5.31. The maximum Gasteiger partial charge on any atom is 0.239 e. The van der Waals surface area contributed by atoms with Crippen molar-refractivity contribution in [1.82, 2.24) is 9.80 Å². The van der Waals surface area contributed by atoms with Gasteiger partial charge in [0, 0.05) is 25.2 Å². The van der Waals surface area contributed by atoms with Crippen LogP contribution in [0.3, 0.4) is 0 Å². The van der Waals surface area contributed by atoms with Crippen molar-refractivity contribution < 1.29 is 4.79 Å². The van der Waals surface area contributed by atoms with Gasteiger partial charge in [-0.3, -0.25) is 9.69 Å². The molecule has 0 aromatic heterocycles. The normalized spacial score (nSPS) is 16.2. The molecule has 1 heterocycles. The number of thiocarbonyl (C=S) groups is 1. The van der Waals surface area contributed by atoms with Gasteiger partial charge in [-0.25, -0.2) is 0 Å². The summed E-state index contributed by atoms with van der Waals surface area (Å²) in [4.78, 5) is 16.8. The Morgan fingerprint density at radius 1 is 1.43 bits per heavy atom. The summed E-state index contributed by atoms with van der Waals surface area (Å²) in [6.45, 7) is 4.47. The molecule has 1 aliphatic heterocycles. The summed E-state index contributed by atoms with van der Waals surface area (Å²) in [5.41, 5.74) is 7.65. The fourth-order valence-electron chi connectivity index (χ4n) is 2.64. The smallest absolute Gasteiger partial charge is 0.239 e. The van der Waals surface area contributed by atoms with Crippen molar-refractivity contribution in [3.8, 4) is 0 Å². The minimum Gasteiger partial charge on any atom is -0.389 e. The summed E-state index contributed by atoms with van der Waals surface area (Å²) in [6.07, 6.45) is 2.25. The highest BCUT2D eigenvalue weighted by molar-refractivity contribution is 7.80. The third-order valence-corrected chi connectivity index (χ3v) is 4.32. The van der Waals surface area contributed by atoms with Crippen LogP contribution >= 0.6 is 12.2 Å². The summed E-state index contributed by atoms with van der Waals surface area (Å²) in [6, 6.07) is 7.77. The quantitative estimate of drug-likeness (QED) is 0.842. The summed E-state index contributed by atoms with van der Waals surface area (Å²) in [5, 5.41) is 0. The van der Waals surface area contributed by atoms with E-state index < -0.39 is 0 Å². The lowest BCUT2D eigenvalue weighted by molar-refractivity contribution is -0.135. The van der Waals surface area contributed by atoms with E-state index in [1.165, 1.54) is 0 Å². The molecule has 0 radical (unpaired) electrons. The number of benzene rings is 1. The molecule has 1 aliphatic rings. The van der Waals surface area contributed by atoms with Crippen LogP contribution in [0.2, 0.25) is 0 Å². The molecule has 0 saturated carbocycles. The van der Waals surface area contributed by atoms with Crippen LogP contribution in [0.1, 0.15) is 30.9 Å². The Balaban J connectivity index is 1.99. The predicted octanol–water partition coefficient (Wildman–Crippen LogP) is 1.76. The highest BCUT2D eigenvalue weighted by atomic mass is 32.1. The van der Waals surface area contributed by atoms with Gasteiger partial charge in [0.2, 0.25) is 5.91 Å². The fourth-order valence-corrected chi connectivity index (χ4v) is 2.77. The molecule has 2 rings (SSSR count). The molecule has 2 N–H and O–H groups in total. The van der Waals surface area contributed by atoms with Crippen molar-refractivity contribution in [1.29, 1.82) is 0 Å². The monoisotopic (exact) mass is 305 g/mol. The van der Waals surface area contributed by atoms with Gasteiger partial charge in [-0.15, -0.1) is 0 Å². The van der Waals surface area contributed by atoms with Crippen LogP contribution < -0.4 is 5.73 Å². The van der Waals surface area contributed by atoms with E-state index >= 15 is 0 Å². The Morgan fingerprint density at radius 3 is 2.71 bits per heavy atom. The standard InChI is InChI=1S/C16H23N3OS/c1-12(16(20)19-8-3-4-9-19)18(2)11-13-6-5-7-14(10-13)15(17)21/h5-7,10,12H,3-4,8-9,11H2,1-2H3,(H2,17,21). The van der Waals surface area contributed by atoms with Crippen LogP contribution in [0.5, 0.6) is 0 Å².